The van der Waals surface area contributed by atoms with Crippen LogP contribution < -0.4 is 10.1 Å². The smallest absolute Gasteiger partial charge is 0.317 e. The van der Waals surface area contributed by atoms with Gasteiger partial charge in [-0.25, -0.2) is 4.79 Å². The molecule has 0 spiro atoms. The summed E-state index contributed by atoms with van der Waals surface area (Å²) in [6.45, 7) is 5.02. The summed E-state index contributed by atoms with van der Waals surface area (Å²) >= 11 is 6.15. The molecule has 0 unspecified atom stereocenters. The number of nitrogens with zero attached hydrogens (tertiary/aromatic N) is 2. The lowest BCUT2D eigenvalue weighted by molar-refractivity contribution is 0.108. The third kappa shape index (κ3) is 5.99. The molecule has 3 rings (SSSR count). The number of hydrogen-bond donors (Lipinski definition) is 2. The van der Waals surface area contributed by atoms with Crippen LogP contribution >= 0.6 is 11.6 Å². The summed E-state index contributed by atoms with van der Waals surface area (Å²) in [5, 5.41) is 12.8. The van der Waals surface area contributed by atoms with Crippen molar-refractivity contribution in [2.75, 3.05) is 45.9 Å². The first kappa shape index (κ1) is 20.2. The molecule has 1 aromatic carbocycles. The minimum atomic E-state index is 0.0190. The van der Waals surface area contributed by atoms with Gasteiger partial charge in [0.15, 0.2) is 0 Å². The van der Waals surface area contributed by atoms with Crippen molar-refractivity contribution >= 4 is 17.6 Å². The average Bonchev–Trinajstić information content (AvgIpc) is 2.69. The van der Waals surface area contributed by atoms with E-state index in [2.05, 4.69) is 10.2 Å². The maximum Gasteiger partial charge on any atom is 0.317 e. The summed E-state index contributed by atoms with van der Waals surface area (Å²) < 4.78 is 5.99. The highest BCUT2D eigenvalue weighted by molar-refractivity contribution is 6.32. The Kier molecular flexibility index (Phi) is 7.61. The summed E-state index contributed by atoms with van der Waals surface area (Å²) in [6, 6.07) is 7.53. The normalized spacial score (nSPS) is 21.9. The van der Waals surface area contributed by atoms with E-state index in [0.717, 1.165) is 45.3 Å². The van der Waals surface area contributed by atoms with E-state index in [1.54, 1.807) is 0 Å². The lowest BCUT2D eigenvalue weighted by Crippen LogP contribution is -2.49. The zero-order valence-corrected chi connectivity index (χ0v) is 16.5. The molecule has 27 heavy (non-hydrogen) atoms. The van der Waals surface area contributed by atoms with Gasteiger partial charge in [-0.05, 0) is 37.4 Å². The molecule has 1 atom stereocenters. The van der Waals surface area contributed by atoms with Crippen LogP contribution in [0, 0.1) is 5.92 Å². The molecule has 7 heteroatoms. The Morgan fingerprint density at radius 3 is 2.74 bits per heavy atom. The first-order chi connectivity index (χ1) is 13.2. The molecule has 2 fully saturated rings. The van der Waals surface area contributed by atoms with E-state index < -0.39 is 0 Å². The fourth-order valence-corrected chi connectivity index (χ4v) is 4.08. The fraction of sp³-hybridized carbons (Fsp3) is 0.650. The van der Waals surface area contributed by atoms with Gasteiger partial charge in [0.25, 0.3) is 0 Å². The predicted molar refractivity (Wildman–Crippen MR) is 106 cm³/mol. The van der Waals surface area contributed by atoms with Crippen molar-refractivity contribution in [2.45, 2.75) is 31.8 Å². The van der Waals surface area contributed by atoms with E-state index in [0.29, 0.717) is 36.3 Å². The van der Waals surface area contributed by atoms with E-state index in [4.69, 9.17) is 21.4 Å². The van der Waals surface area contributed by atoms with Crippen LogP contribution in [-0.4, -0.2) is 72.9 Å². The van der Waals surface area contributed by atoms with E-state index in [9.17, 15) is 4.79 Å². The van der Waals surface area contributed by atoms with Gasteiger partial charge in [-0.1, -0.05) is 23.7 Å². The van der Waals surface area contributed by atoms with Gasteiger partial charge in [0, 0.05) is 45.6 Å². The number of para-hydroxylation sites is 1. The summed E-state index contributed by atoms with van der Waals surface area (Å²) in [5.74, 6) is 1.18. The number of piperidine rings is 2. The molecule has 0 aromatic heterocycles. The van der Waals surface area contributed by atoms with Crippen LogP contribution in [0.3, 0.4) is 0 Å². The molecule has 6 nitrogen and oxygen atoms in total. The number of aliphatic hydroxyl groups is 1. The van der Waals surface area contributed by atoms with Crippen molar-refractivity contribution < 1.29 is 14.6 Å². The largest absolute Gasteiger partial charge is 0.489 e. The highest BCUT2D eigenvalue weighted by Crippen LogP contribution is 2.26. The topological polar surface area (TPSA) is 65.0 Å². The number of carbonyl (C=O) groups excluding carboxylic acids is 1. The fourth-order valence-electron chi connectivity index (χ4n) is 3.90. The first-order valence-electron chi connectivity index (χ1n) is 9.93. The van der Waals surface area contributed by atoms with E-state index in [1.165, 1.54) is 0 Å². The average molecular weight is 396 g/mol. The second kappa shape index (κ2) is 10.2. The van der Waals surface area contributed by atoms with Gasteiger partial charge in [-0.3, -0.25) is 0 Å². The van der Waals surface area contributed by atoms with Gasteiger partial charge in [0.05, 0.1) is 11.6 Å². The number of nitrogens with one attached hydrogen (secondary N) is 1. The highest BCUT2D eigenvalue weighted by atomic mass is 35.5. The van der Waals surface area contributed by atoms with Gasteiger partial charge in [0.2, 0.25) is 0 Å². The summed E-state index contributed by atoms with van der Waals surface area (Å²) in [5.41, 5.74) is 0. The molecule has 2 aliphatic rings. The quantitative estimate of drug-likeness (QED) is 0.777. The molecular weight excluding hydrogens is 366 g/mol. The molecule has 150 valence electrons. The molecular formula is C20H30ClN3O3. The molecule has 0 saturated carbocycles. The second-order valence-electron chi connectivity index (χ2n) is 7.45. The number of amides is 2. The molecule has 2 aliphatic heterocycles. The molecule has 2 N–H and O–H groups in total. The van der Waals surface area contributed by atoms with Gasteiger partial charge in [0.1, 0.15) is 11.9 Å². The third-order valence-corrected chi connectivity index (χ3v) is 5.73. The van der Waals surface area contributed by atoms with Crippen molar-refractivity contribution in [1.82, 2.24) is 15.1 Å². The number of urea groups is 1. The number of carbonyl (C=O) groups is 1. The molecule has 2 saturated heterocycles. The van der Waals surface area contributed by atoms with Crippen molar-refractivity contribution in [2.24, 2.45) is 5.92 Å². The maximum atomic E-state index is 12.5. The molecule has 1 aromatic rings. The summed E-state index contributed by atoms with van der Waals surface area (Å²) in [7, 11) is 0. The van der Waals surface area contributed by atoms with E-state index in [1.807, 2.05) is 29.2 Å². The number of rotatable bonds is 6. The lowest BCUT2D eigenvalue weighted by Gasteiger charge is -2.34. The highest BCUT2D eigenvalue weighted by Gasteiger charge is 2.25. The predicted octanol–water partition coefficient (Wildman–Crippen LogP) is 2.60. The van der Waals surface area contributed by atoms with Gasteiger partial charge in [-0.2, -0.15) is 0 Å². The second-order valence-corrected chi connectivity index (χ2v) is 7.86. The standard InChI is InChI=1S/C20H30ClN3O3/c21-18-5-1-2-6-19(18)27-17-7-10-24(11-8-17)20(26)22-14-16-4-3-9-23(15-16)12-13-25/h1-2,5-6,16-17,25H,3-4,7-15H2,(H,22,26)/t16-/m1/s1. The van der Waals surface area contributed by atoms with Crippen LogP contribution in [0.4, 0.5) is 4.79 Å². The Bertz CT molecular complexity index is 606. The Hall–Kier alpha value is -1.50. The number of likely N-dealkylation sites (tertiary alicyclic amines) is 2. The van der Waals surface area contributed by atoms with Crippen LogP contribution in [-0.2, 0) is 0 Å². The van der Waals surface area contributed by atoms with E-state index >= 15 is 0 Å². The third-order valence-electron chi connectivity index (χ3n) is 5.42. The molecule has 0 radical (unpaired) electrons. The van der Waals surface area contributed by atoms with Crippen molar-refractivity contribution in [3.05, 3.63) is 29.3 Å². The van der Waals surface area contributed by atoms with Crippen LogP contribution in [0.25, 0.3) is 0 Å². The summed E-state index contributed by atoms with van der Waals surface area (Å²) in [6.07, 6.45) is 3.99. The van der Waals surface area contributed by atoms with Gasteiger partial charge < -0.3 is 25.0 Å². The zero-order valence-electron chi connectivity index (χ0n) is 15.8. The number of halogens is 1. The SMILES string of the molecule is O=C(NC[C@H]1CCCN(CCO)C1)N1CCC(Oc2ccccc2Cl)CC1. The number of hydrogen-bond acceptors (Lipinski definition) is 4. The van der Waals surface area contributed by atoms with Crippen molar-refractivity contribution in [3.63, 3.8) is 0 Å². The van der Waals surface area contributed by atoms with Crippen LogP contribution in [0.15, 0.2) is 24.3 Å². The lowest BCUT2D eigenvalue weighted by atomic mass is 9.98. The number of aliphatic hydroxyl groups excluding tert-OH is 1. The Balaban J connectivity index is 1.38. The van der Waals surface area contributed by atoms with E-state index in [-0.39, 0.29) is 18.7 Å². The minimum absolute atomic E-state index is 0.0190. The van der Waals surface area contributed by atoms with Crippen LogP contribution in [0.2, 0.25) is 5.02 Å². The van der Waals surface area contributed by atoms with Crippen molar-refractivity contribution in [1.29, 1.82) is 0 Å². The monoisotopic (exact) mass is 395 g/mol. The molecule has 2 amide bonds. The number of ether oxygens (including phenoxy) is 1. The summed E-state index contributed by atoms with van der Waals surface area (Å²) in [4.78, 5) is 16.6. The number of benzene rings is 1. The Morgan fingerprint density at radius 1 is 1.22 bits per heavy atom. The molecule has 2 heterocycles. The number of β-amino-alcohol motifs (C(OH)–C–C–N with tert-alkyl or cyclic N) is 1. The minimum Gasteiger partial charge on any atom is -0.489 e. The molecule has 0 bridgehead atoms. The molecule has 0 aliphatic carbocycles. The van der Waals surface area contributed by atoms with Gasteiger partial charge in [-0.15, -0.1) is 0 Å². The Morgan fingerprint density at radius 2 is 2.00 bits per heavy atom. The first-order valence-corrected chi connectivity index (χ1v) is 10.3. The van der Waals surface area contributed by atoms with Crippen molar-refractivity contribution in [3.8, 4) is 5.75 Å². The maximum absolute atomic E-state index is 12.5. The van der Waals surface area contributed by atoms with Crippen LogP contribution in [0.1, 0.15) is 25.7 Å². The van der Waals surface area contributed by atoms with Crippen LogP contribution in [0.5, 0.6) is 5.75 Å². The Labute approximate surface area is 166 Å². The van der Waals surface area contributed by atoms with Gasteiger partial charge >= 0.3 is 6.03 Å². The zero-order chi connectivity index (χ0) is 19.1.